The molecule has 2 unspecified atom stereocenters. The van der Waals surface area contributed by atoms with Gasteiger partial charge in [0, 0.05) is 13.1 Å². The Kier molecular flexibility index (Phi) is 5.70. The van der Waals surface area contributed by atoms with Crippen LogP contribution in [-0.4, -0.2) is 38.1 Å². The van der Waals surface area contributed by atoms with Crippen molar-refractivity contribution in [1.82, 2.24) is 10.2 Å². The van der Waals surface area contributed by atoms with Crippen LogP contribution >= 0.6 is 0 Å². The molecule has 2 nitrogen and oxygen atoms in total. The van der Waals surface area contributed by atoms with Gasteiger partial charge in [0.1, 0.15) is 0 Å². The number of piperidine rings is 1. The van der Waals surface area contributed by atoms with E-state index >= 15 is 0 Å². The summed E-state index contributed by atoms with van der Waals surface area (Å²) in [5.41, 5.74) is 0.561. The van der Waals surface area contributed by atoms with Crippen LogP contribution in [-0.2, 0) is 0 Å². The van der Waals surface area contributed by atoms with Crippen LogP contribution in [0.1, 0.15) is 58.8 Å². The Bertz CT molecular complexity index is 254. The van der Waals surface area contributed by atoms with Gasteiger partial charge in [-0.05, 0) is 63.1 Å². The molecule has 0 amide bonds. The predicted octanol–water partition coefficient (Wildman–Crippen LogP) is 3.52. The molecular formula is C17H34N2. The van der Waals surface area contributed by atoms with Gasteiger partial charge in [-0.25, -0.2) is 0 Å². The van der Waals surface area contributed by atoms with Crippen molar-refractivity contribution in [2.75, 3.05) is 33.2 Å². The van der Waals surface area contributed by atoms with Gasteiger partial charge in [-0.15, -0.1) is 0 Å². The van der Waals surface area contributed by atoms with E-state index in [4.69, 9.17) is 0 Å². The van der Waals surface area contributed by atoms with Gasteiger partial charge in [0.25, 0.3) is 0 Å². The Morgan fingerprint density at radius 3 is 2.53 bits per heavy atom. The van der Waals surface area contributed by atoms with Gasteiger partial charge in [-0.3, -0.25) is 0 Å². The van der Waals surface area contributed by atoms with E-state index in [2.05, 4.69) is 31.1 Å². The Hall–Kier alpha value is -0.0800. The molecule has 19 heavy (non-hydrogen) atoms. The molecule has 1 saturated carbocycles. The van der Waals surface area contributed by atoms with Crippen LogP contribution in [0.5, 0.6) is 0 Å². The number of hydrogen-bond donors (Lipinski definition) is 1. The molecule has 2 rings (SSSR count). The normalized spacial score (nSPS) is 34.6. The van der Waals surface area contributed by atoms with Crippen LogP contribution in [0.4, 0.5) is 0 Å². The standard InChI is InChI=1S/C17H34N2/c1-4-16-7-10-19(11-8-16)14-17(13-18-3)9-5-6-15(2)12-17/h15-16,18H,4-14H2,1-3H3. The monoisotopic (exact) mass is 266 g/mol. The molecule has 0 bridgehead atoms. The third kappa shape index (κ3) is 4.19. The van der Waals surface area contributed by atoms with Crippen LogP contribution < -0.4 is 5.32 Å². The van der Waals surface area contributed by atoms with Crippen molar-refractivity contribution in [3.05, 3.63) is 0 Å². The molecule has 0 aromatic rings. The summed E-state index contributed by atoms with van der Waals surface area (Å²) in [4.78, 5) is 2.77. The summed E-state index contributed by atoms with van der Waals surface area (Å²) in [7, 11) is 2.13. The highest BCUT2D eigenvalue weighted by molar-refractivity contribution is 4.90. The maximum Gasteiger partial charge on any atom is 0.00502 e. The molecule has 1 aliphatic carbocycles. The van der Waals surface area contributed by atoms with Gasteiger partial charge < -0.3 is 10.2 Å². The first-order valence-corrected chi connectivity index (χ1v) is 8.54. The summed E-state index contributed by atoms with van der Waals surface area (Å²) < 4.78 is 0. The number of rotatable bonds is 5. The van der Waals surface area contributed by atoms with Crippen LogP contribution in [0.15, 0.2) is 0 Å². The zero-order chi connectivity index (χ0) is 13.7. The van der Waals surface area contributed by atoms with Crippen molar-refractivity contribution in [2.45, 2.75) is 58.8 Å². The van der Waals surface area contributed by atoms with E-state index < -0.39 is 0 Å². The first-order valence-electron chi connectivity index (χ1n) is 8.54. The minimum atomic E-state index is 0.561. The molecule has 2 aliphatic rings. The zero-order valence-electron chi connectivity index (χ0n) is 13.4. The van der Waals surface area contributed by atoms with Crippen molar-refractivity contribution in [1.29, 1.82) is 0 Å². The summed E-state index contributed by atoms with van der Waals surface area (Å²) in [6.45, 7) is 10.1. The lowest BCUT2D eigenvalue weighted by Gasteiger charge is -2.45. The van der Waals surface area contributed by atoms with Crippen LogP contribution in [0.25, 0.3) is 0 Å². The lowest BCUT2D eigenvalue weighted by atomic mass is 9.69. The van der Waals surface area contributed by atoms with Crippen LogP contribution in [0, 0.1) is 17.3 Å². The second-order valence-electron chi connectivity index (χ2n) is 7.36. The lowest BCUT2D eigenvalue weighted by molar-refractivity contribution is 0.0622. The van der Waals surface area contributed by atoms with Crippen LogP contribution in [0.2, 0.25) is 0 Å². The highest BCUT2D eigenvalue weighted by atomic mass is 15.1. The minimum Gasteiger partial charge on any atom is -0.319 e. The Morgan fingerprint density at radius 2 is 1.95 bits per heavy atom. The fraction of sp³-hybridized carbons (Fsp3) is 1.00. The molecular weight excluding hydrogens is 232 g/mol. The van der Waals surface area contributed by atoms with E-state index in [0.29, 0.717) is 5.41 Å². The lowest BCUT2D eigenvalue weighted by Crippen LogP contribution is -2.48. The molecule has 112 valence electrons. The minimum absolute atomic E-state index is 0.561. The molecule has 2 fully saturated rings. The topological polar surface area (TPSA) is 15.3 Å². The molecule has 0 aromatic carbocycles. The van der Waals surface area contributed by atoms with Gasteiger partial charge in [0.05, 0.1) is 0 Å². The first kappa shape index (κ1) is 15.3. The molecule has 1 saturated heterocycles. The molecule has 1 N–H and O–H groups in total. The highest BCUT2D eigenvalue weighted by Crippen LogP contribution is 2.40. The van der Waals surface area contributed by atoms with Crippen molar-refractivity contribution in [2.24, 2.45) is 17.3 Å². The van der Waals surface area contributed by atoms with Crippen LogP contribution in [0.3, 0.4) is 0 Å². The fourth-order valence-electron chi connectivity index (χ4n) is 4.53. The van der Waals surface area contributed by atoms with E-state index in [9.17, 15) is 0 Å². The van der Waals surface area contributed by atoms with E-state index in [0.717, 1.165) is 11.8 Å². The second kappa shape index (κ2) is 7.08. The Labute approximate surface area is 120 Å². The fourth-order valence-corrected chi connectivity index (χ4v) is 4.53. The molecule has 2 atom stereocenters. The maximum atomic E-state index is 3.48. The molecule has 2 heteroatoms. The summed E-state index contributed by atoms with van der Waals surface area (Å²) in [5.74, 6) is 1.93. The predicted molar refractivity (Wildman–Crippen MR) is 83.4 cm³/mol. The van der Waals surface area contributed by atoms with E-state index in [1.54, 1.807) is 0 Å². The summed E-state index contributed by atoms with van der Waals surface area (Å²) in [6, 6.07) is 0. The van der Waals surface area contributed by atoms with Gasteiger partial charge in [0.15, 0.2) is 0 Å². The van der Waals surface area contributed by atoms with Crippen molar-refractivity contribution in [3.63, 3.8) is 0 Å². The quantitative estimate of drug-likeness (QED) is 0.819. The molecule has 0 spiro atoms. The molecule has 0 aromatic heterocycles. The van der Waals surface area contributed by atoms with E-state index in [1.165, 1.54) is 71.1 Å². The van der Waals surface area contributed by atoms with Gasteiger partial charge in [-0.2, -0.15) is 0 Å². The molecule has 0 radical (unpaired) electrons. The van der Waals surface area contributed by atoms with Gasteiger partial charge >= 0.3 is 0 Å². The first-order chi connectivity index (χ1) is 9.17. The van der Waals surface area contributed by atoms with E-state index in [-0.39, 0.29) is 0 Å². The maximum absolute atomic E-state index is 3.48. The Morgan fingerprint density at radius 1 is 1.21 bits per heavy atom. The Balaban J connectivity index is 1.89. The average Bonchev–Trinajstić information content (AvgIpc) is 2.40. The van der Waals surface area contributed by atoms with E-state index in [1.807, 2.05) is 0 Å². The smallest absolute Gasteiger partial charge is 0.00502 e. The van der Waals surface area contributed by atoms with Crippen molar-refractivity contribution < 1.29 is 0 Å². The average molecular weight is 266 g/mol. The third-order valence-corrected chi connectivity index (χ3v) is 5.58. The summed E-state index contributed by atoms with van der Waals surface area (Å²) in [6.07, 6.45) is 10.0. The highest BCUT2D eigenvalue weighted by Gasteiger charge is 2.36. The van der Waals surface area contributed by atoms with Crippen molar-refractivity contribution >= 4 is 0 Å². The van der Waals surface area contributed by atoms with Gasteiger partial charge in [-0.1, -0.05) is 33.1 Å². The zero-order valence-corrected chi connectivity index (χ0v) is 13.4. The largest absolute Gasteiger partial charge is 0.319 e. The summed E-state index contributed by atoms with van der Waals surface area (Å²) >= 11 is 0. The number of hydrogen-bond acceptors (Lipinski definition) is 2. The number of likely N-dealkylation sites (tertiary alicyclic amines) is 1. The second-order valence-corrected chi connectivity index (χ2v) is 7.36. The number of nitrogens with one attached hydrogen (secondary N) is 1. The SMILES string of the molecule is CCC1CCN(CC2(CNC)CCCC(C)C2)CC1. The molecule has 1 aliphatic heterocycles. The van der Waals surface area contributed by atoms with Crippen molar-refractivity contribution in [3.8, 4) is 0 Å². The molecule has 1 heterocycles. The van der Waals surface area contributed by atoms with Gasteiger partial charge in [0.2, 0.25) is 0 Å². The third-order valence-electron chi connectivity index (χ3n) is 5.58. The summed E-state index contributed by atoms with van der Waals surface area (Å²) in [5, 5.41) is 3.48. The number of nitrogens with zero attached hydrogens (tertiary/aromatic N) is 1.